The minimum atomic E-state index is -4.01. The van der Waals surface area contributed by atoms with E-state index in [0.717, 1.165) is 10.4 Å². The number of nitrogens with zero attached hydrogens (tertiary/aromatic N) is 1. The second-order valence-electron chi connectivity index (χ2n) is 6.89. The number of ether oxygens (including phenoxy) is 1. The van der Waals surface area contributed by atoms with Gasteiger partial charge in [-0.1, -0.05) is 11.6 Å². The number of hydrogen-bond donors (Lipinski definition) is 2. The van der Waals surface area contributed by atoms with Crippen LogP contribution in [-0.4, -0.2) is 43.7 Å². The molecule has 0 aliphatic carbocycles. The summed E-state index contributed by atoms with van der Waals surface area (Å²) in [6.07, 6.45) is 0.844. The van der Waals surface area contributed by atoms with Gasteiger partial charge in [-0.15, -0.1) is 0 Å². The summed E-state index contributed by atoms with van der Waals surface area (Å²) in [6, 6.07) is 6.94. The van der Waals surface area contributed by atoms with Crippen molar-refractivity contribution in [3.05, 3.63) is 47.2 Å². The molecule has 8 nitrogen and oxygen atoms in total. The van der Waals surface area contributed by atoms with Crippen molar-refractivity contribution in [1.29, 1.82) is 0 Å². The first-order valence-corrected chi connectivity index (χ1v) is 10.9. The quantitative estimate of drug-likeness (QED) is 0.740. The summed E-state index contributed by atoms with van der Waals surface area (Å²) in [5, 5.41) is 5.01. The fourth-order valence-corrected chi connectivity index (χ4v) is 5.31. The van der Waals surface area contributed by atoms with E-state index < -0.39 is 27.8 Å². The van der Waals surface area contributed by atoms with Gasteiger partial charge >= 0.3 is 0 Å². The molecule has 0 unspecified atom stereocenters. The SMILES string of the molecule is O=C1COc2ccc(S(=O)(=O)N3CCC[C@@H]3C(=O)Nc3ccc(F)c(Cl)c3)cc2N1. The summed E-state index contributed by atoms with van der Waals surface area (Å²) in [6.45, 7) is 0.0331. The normalized spacial score (nSPS) is 19.0. The first-order valence-electron chi connectivity index (χ1n) is 9.10. The lowest BCUT2D eigenvalue weighted by molar-refractivity contribution is -0.119. The summed E-state index contributed by atoms with van der Waals surface area (Å²) < 4.78 is 46.1. The summed E-state index contributed by atoms with van der Waals surface area (Å²) in [7, 11) is -4.01. The van der Waals surface area contributed by atoms with Gasteiger partial charge < -0.3 is 15.4 Å². The monoisotopic (exact) mass is 453 g/mol. The van der Waals surface area contributed by atoms with Crippen molar-refractivity contribution in [2.45, 2.75) is 23.8 Å². The highest BCUT2D eigenvalue weighted by molar-refractivity contribution is 7.89. The van der Waals surface area contributed by atoms with E-state index in [1.54, 1.807) is 0 Å². The van der Waals surface area contributed by atoms with Crippen molar-refractivity contribution < 1.29 is 27.1 Å². The van der Waals surface area contributed by atoms with Crippen molar-refractivity contribution in [1.82, 2.24) is 4.31 Å². The second-order valence-corrected chi connectivity index (χ2v) is 9.18. The molecule has 2 amide bonds. The number of rotatable bonds is 4. The van der Waals surface area contributed by atoms with Gasteiger partial charge in [0.15, 0.2) is 6.61 Å². The topological polar surface area (TPSA) is 105 Å². The Morgan fingerprint density at radius 1 is 1.27 bits per heavy atom. The van der Waals surface area contributed by atoms with Crippen LogP contribution in [0.15, 0.2) is 41.3 Å². The zero-order valence-electron chi connectivity index (χ0n) is 15.5. The summed E-state index contributed by atoms with van der Waals surface area (Å²) >= 11 is 5.73. The highest BCUT2D eigenvalue weighted by atomic mass is 35.5. The number of nitrogens with one attached hydrogen (secondary N) is 2. The first-order chi connectivity index (χ1) is 14.3. The number of fused-ring (bicyclic) bond motifs is 1. The van der Waals surface area contributed by atoms with Gasteiger partial charge in [0.25, 0.3) is 5.91 Å². The standard InChI is InChI=1S/C19H17ClFN3O5S/c20-13-8-11(3-5-14(13)21)22-19(26)16-2-1-7-24(16)30(27,28)12-4-6-17-15(9-12)23-18(25)10-29-17/h3-6,8-9,16H,1-2,7,10H2,(H,22,26)(H,23,25)/t16-/m1/s1. The van der Waals surface area contributed by atoms with Crippen LogP contribution >= 0.6 is 11.6 Å². The van der Waals surface area contributed by atoms with E-state index >= 15 is 0 Å². The van der Waals surface area contributed by atoms with Crippen LogP contribution in [0.2, 0.25) is 5.02 Å². The third-order valence-electron chi connectivity index (χ3n) is 4.88. The van der Waals surface area contributed by atoms with Crippen molar-refractivity contribution >= 4 is 44.8 Å². The van der Waals surface area contributed by atoms with E-state index in [0.29, 0.717) is 18.6 Å². The van der Waals surface area contributed by atoms with Crippen LogP contribution in [0.1, 0.15) is 12.8 Å². The van der Waals surface area contributed by atoms with Gasteiger partial charge in [0.1, 0.15) is 17.6 Å². The third kappa shape index (κ3) is 3.85. The molecule has 2 aliphatic rings. The molecule has 1 atom stereocenters. The minimum absolute atomic E-state index is 0.0587. The molecule has 4 rings (SSSR count). The van der Waals surface area contributed by atoms with Crippen molar-refractivity contribution in [2.24, 2.45) is 0 Å². The molecule has 0 aromatic heterocycles. The predicted octanol–water partition coefficient (Wildman–Crippen LogP) is 2.60. The maximum absolute atomic E-state index is 13.3. The number of halogens is 2. The predicted molar refractivity (Wildman–Crippen MR) is 108 cm³/mol. The van der Waals surface area contributed by atoms with Crippen LogP contribution < -0.4 is 15.4 Å². The number of carbonyl (C=O) groups is 2. The molecule has 0 saturated carbocycles. The van der Waals surface area contributed by atoms with Crippen LogP contribution in [0.25, 0.3) is 0 Å². The Labute approximate surface area is 177 Å². The molecule has 2 heterocycles. The Morgan fingerprint density at radius 2 is 2.07 bits per heavy atom. The van der Waals surface area contributed by atoms with E-state index in [4.69, 9.17) is 16.3 Å². The van der Waals surface area contributed by atoms with Gasteiger partial charge in [-0.05, 0) is 49.2 Å². The molecular formula is C19H17ClFN3O5S. The molecule has 0 radical (unpaired) electrons. The van der Waals surface area contributed by atoms with Crippen LogP contribution in [0.3, 0.4) is 0 Å². The van der Waals surface area contributed by atoms with Crippen LogP contribution in [0.4, 0.5) is 15.8 Å². The minimum Gasteiger partial charge on any atom is -0.482 e. The summed E-state index contributed by atoms with van der Waals surface area (Å²) in [4.78, 5) is 24.2. The van der Waals surface area contributed by atoms with E-state index in [1.807, 2.05) is 0 Å². The fraction of sp³-hybridized carbons (Fsp3) is 0.263. The van der Waals surface area contributed by atoms with E-state index in [1.165, 1.54) is 30.3 Å². The first kappa shape index (κ1) is 20.6. The molecule has 1 fully saturated rings. The van der Waals surface area contributed by atoms with Gasteiger partial charge in [0.05, 0.1) is 15.6 Å². The van der Waals surface area contributed by atoms with Gasteiger partial charge in [0, 0.05) is 12.2 Å². The molecule has 0 spiro atoms. The number of carbonyl (C=O) groups excluding carboxylic acids is 2. The smallest absolute Gasteiger partial charge is 0.262 e. The maximum atomic E-state index is 13.3. The largest absolute Gasteiger partial charge is 0.482 e. The number of anilines is 2. The average Bonchev–Trinajstić information content (AvgIpc) is 3.21. The lowest BCUT2D eigenvalue weighted by Gasteiger charge is -2.24. The lowest BCUT2D eigenvalue weighted by atomic mass is 10.2. The van der Waals surface area contributed by atoms with Crippen LogP contribution in [0, 0.1) is 5.82 Å². The summed E-state index contributed by atoms with van der Waals surface area (Å²) in [5.74, 6) is -1.16. The number of sulfonamides is 1. The molecule has 30 heavy (non-hydrogen) atoms. The molecule has 2 aliphatic heterocycles. The second kappa shape index (κ2) is 7.86. The average molecular weight is 454 g/mol. The van der Waals surface area contributed by atoms with E-state index in [9.17, 15) is 22.4 Å². The Kier molecular flexibility index (Phi) is 5.39. The number of amides is 2. The molecule has 1 saturated heterocycles. The van der Waals surface area contributed by atoms with Gasteiger partial charge in [-0.25, -0.2) is 12.8 Å². The van der Waals surface area contributed by atoms with Crippen molar-refractivity contribution in [3.8, 4) is 5.75 Å². The van der Waals surface area contributed by atoms with Gasteiger partial charge in [0.2, 0.25) is 15.9 Å². The van der Waals surface area contributed by atoms with Crippen molar-refractivity contribution in [3.63, 3.8) is 0 Å². The highest BCUT2D eigenvalue weighted by Crippen LogP contribution is 2.33. The van der Waals surface area contributed by atoms with Crippen LogP contribution in [-0.2, 0) is 19.6 Å². The Hall–Kier alpha value is -2.69. The molecular weight excluding hydrogens is 437 g/mol. The third-order valence-corrected chi connectivity index (χ3v) is 7.08. The Balaban J connectivity index is 1.57. The molecule has 2 aromatic carbocycles. The lowest BCUT2D eigenvalue weighted by Crippen LogP contribution is -2.43. The number of benzene rings is 2. The number of hydrogen-bond acceptors (Lipinski definition) is 5. The maximum Gasteiger partial charge on any atom is 0.262 e. The molecule has 2 N–H and O–H groups in total. The van der Waals surface area contributed by atoms with Gasteiger partial charge in [-0.2, -0.15) is 4.31 Å². The summed E-state index contributed by atoms with van der Waals surface area (Å²) in [5.41, 5.74) is 0.526. The molecule has 2 aromatic rings. The Bertz CT molecular complexity index is 1140. The van der Waals surface area contributed by atoms with E-state index in [2.05, 4.69) is 10.6 Å². The molecule has 0 bridgehead atoms. The molecule has 11 heteroatoms. The van der Waals surface area contributed by atoms with Crippen molar-refractivity contribution in [2.75, 3.05) is 23.8 Å². The van der Waals surface area contributed by atoms with E-state index in [-0.39, 0.29) is 40.4 Å². The van der Waals surface area contributed by atoms with Gasteiger partial charge in [-0.3, -0.25) is 9.59 Å². The zero-order chi connectivity index (χ0) is 21.5. The molecule has 158 valence electrons. The fourth-order valence-electron chi connectivity index (χ4n) is 3.45. The van der Waals surface area contributed by atoms with Crippen LogP contribution in [0.5, 0.6) is 5.75 Å². The Morgan fingerprint density at radius 3 is 2.83 bits per heavy atom. The zero-order valence-corrected chi connectivity index (χ0v) is 17.1. The highest BCUT2D eigenvalue weighted by Gasteiger charge is 2.40.